The summed E-state index contributed by atoms with van der Waals surface area (Å²) in [4.78, 5) is 18.6. The molecular weight excluding hydrogens is 304 g/mol. The molecule has 0 atom stereocenters. The van der Waals surface area contributed by atoms with Crippen LogP contribution in [0.2, 0.25) is 0 Å². The molecule has 1 saturated heterocycles. The van der Waals surface area contributed by atoms with Crippen molar-refractivity contribution in [3.63, 3.8) is 0 Å². The minimum Gasteiger partial charge on any atom is -0.496 e. The molecule has 0 saturated carbocycles. The molecule has 5 heteroatoms. The first-order chi connectivity index (χ1) is 11.8. The SMILES string of the molecule is COc1ccc2c(=O)c3ccccc3[nH]c2c1CN1CCOCC1. The Morgan fingerprint density at radius 3 is 2.71 bits per heavy atom. The van der Waals surface area contributed by atoms with Gasteiger partial charge in [-0.3, -0.25) is 9.69 Å². The number of fused-ring (bicyclic) bond motifs is 2. The fourth-order valence-corrected chi connectivity index (χ4v) is 3.36. The van der Waals surface area contributed by atoms with Gasteiger partial charge in [0, 0.05) is 41.5 Å². The molecule has 2 heterocycles. The molecule has 0 amide bonds. The zero-order valence-electron chi connectivity index (χ0n) is 13.7. The van der Waals surface area contributed by atoms with E-state index in [9.17, 15) is 4.79 Å². The number of nitrogens with one attached hydrogen (secondary N) is 1. The second-order valence-corrected chi connectivity index (χ2v) is 6.06. The summed E-state index contributed by atoms with van der Waals surface area (Å²) in [6.45, 7) is 3.99. The van der Waals surface area contributed by atoms with E-state index in [1.807, 2.05) is 36.4 Å². The third-order valence-electron chi connectivity index (χ3n) is 4.65. The number of aromatic nitrogens is 1. The number of aromatic amines is 1. The smallest absolute Gasteiger partial charge is 0.197 e. The second kappa shape index (κ2) is 6.26. The Morgan fingerprint density at radius 2 is 1.92 bits per heavy atom. The van der Waals surface area contributed by atoms with Crippen LogP contribution in [0.1, 0.15) is 5.56 Å². The molecule has 2 aromatic carbocycles. The third-order valence-corrected chi connectivity index (χ3v) is 4.65. The van der Waals surface area contributed by atoms with Crippen LogP contribution in [0.4, 0.5) is 0 Å². The van der Waals surface area contributed by atoms with Crippen molar-refractivity contribution in [2.75, 3.05) is 33.4 Å². The number of ether oxygens (including phenoxy) is 2. The Labute approximate surface area is 139 Å². The van der Waals surface area contributed by atoms with Gasteiger partial charge in [0.1, 0.15) is 5.75 Å². The highest BCUT2D eigenvalue weighted by Crippen LogP contribution is 2.28. The zero-order valence-corrected chi connectivity index (χ0v) is 13.7. The summed E-state index contributed by atoms with van der Waals surface area (Å²) in [5, 5.41) is 1.42. The molecule has 1 aliphatic rings. The van der Waals surface area contributed by atoms with Crippen LogP contribution in [-0.4, -0.2) is 43.3 Å². The first-order valence-electron chi connectivity index (χ1n) is 8.18. The molecule has 3 aromatic rings. The Bertz CT molecular complexity index is 942. The van der Waals surface area contributed by atoms with Crippen LogP contribution in [0.3, 0.4) is 0 Å². The lowest BCUT2D eigenvalue weighted by molar-refractivity contribution is 0.0340. The van der Waals surface area contributed by atoms with Crippen molar-refractivity contribution in [2.45, 2.75) is 6.54 Å². The highest BCUT2D eigenvalue weighted by Gasteiger charge is 2.18. The van der Waals surface area contributed by atoms with E-state index in [2.05, 4.69) is 9.88 Å². The summed E-state index contributed by atoms with van der Waals surface area (Å²) in [6.07, 6.45) is 0. The maximum absolute atomic E-state index is 12.8. The van der Waals surface area contributed by atoms with E-state index >= 15 is 0 Å². The van der Waals surface area contributed by atoms with Gasteiger partial charge in [0.25, 0.3) is 0 Å². The minimum absolute atomic E-state index is 0.0604. The summed E-state index contributed by atoms with van der Waals surface area (Å²) in [5.74, 6) is 0.805. The number of morpholine rings is 1. The molecular formula is C19H20N2O3. The average Bonchev–Trinajstić information content (AvgIpc) is 2.63. The molecule has 0 radical (unpaired) electrons. The van der Waals surface area contributed by atoms with Gasteiger partial charge in [0.05, 0.1) is 25.8 Å². The quantitative estimate of drug-likeness (QED) is 0.752. The van der Waals surface area contributed by atoms with Gasteiger partial charge in [-0.25, -0.2) is 0 Å². The van der Waals surface area contributed by atoms with E-state index in [1.54, 1.807) is 7.11 Å². The molecule has 0 unspecified atom stereocenters. The fraction of sp³-hybridized carbons (Fsp3) is 0.316. The number of para-hydroxylation sites is 1. The standard InChI is InChI=1S/C19H20N2O3/c1-23-17-7-6-14-18(15(17)12-21-8-10-24-11-9-21)20-16-5-3-2-4-13(16)19(14)22/h2-7H,8-12H2,1H3,(H,20,22). The van der Waals surface area contributed by atoms with E-state index in [0.717, 1.165) is 55.2 Å². The second-order valence-electron chi connectivity index (χ2n) is 6.06. The fourth-order valence-electron chi connectivity index (χ4n) is 3.36. The number of hydrogen-bond acceptors (Lipinski definition) is 4. The maximum atomic E-state index is 12.8. The monoisotopic (exact) mass is 324 g/mol. The minimum atomic E-state index is 0.0604. The van der Waals surface area contributed by atoms with Crippen molar-refractivity contribution in [2.24, 2.45) is 0 Å². The van der Waals surface area contributed by atoms with Crippen LogP contribution < -0.4 is 10.2 Å². The average molecular weight is 324 g/mol. The number of hydrogen-bond donors (Lipinski definition) is 1. The van der Waals surface area contributed by atoms with Crippen LogP contribution in [0.15, 0.2) is 41.2 Å². The summed E-state index contributed by atoms with van der Waals surface area (Å²) in [7, 11) is 1.67. The van der Waals surface area contributed by atoms with Gasteiger partial charge in [-0.2, -0.15) is 0 Å². The van der Waals surface area contributed by atoms with Crippen LogP contribution in [-0.2, 0) is 11.3 Å². The predicted octanol–water partition coefficient (Wildman–Crippen LogP) is 2.52. The summed E-state index contributed by atoms with van der Waals surface area (Å²) in [6, 6.07) is 11.4. The molecule has 1 fully saturated rings. The van der Waals surface area contributed by atoms with Crippen LogP contribution in [0.5, 0.6) is 5.75 Å². The number of pyridine rings is 1. The van der Waals surface area contributed by atoms with Crippen molar-refractivity contribution in [3.05, 3.63) is 52.2 Å². The van der Waals surface area contributed by atoms with Crippen molar-refractivity contribution in [3.8, 4) is 5.75 Å². The van der Waals surface area contributed by atoms with E-state index in [1.165, 1.54) is 0 Å². The van der Waals surface area contributed by atoms with Gasteiger partial charge in [0.2, 0.25) is 0 Å². The highest BCUT2D eigenvalue weighted by atomic mass is 16.5. The Balaban J connectivity index is 1.93. The molecule has 0 aliphatic carbocycles. The Kier molecular flexibility index (Phi) is 3.96. The highest BCUT2D eigenvalue weighted by molar-refractivity contribution is 5.94. The summed E-state index contributed by atoms with van der Waals surface area (Å²) < 4.78 is 11.0. The maximum Gasteiger partial charge on any atom is 0.197 e. The molecule has 0 spiro atoms. The number of benzene rings is 2. The lowest BCUT2D eigenvalue weighted by atomic mass is 10.0. The van der Waals surface area contributed by atoms with Gasteiger partial charge < -0.3 is 14.5 Å². The molecule has 1 N–H and O–H groups in total. The van der Waals surface area contributed by atoms with Gasteiger partial charge in [-0.15, -0.1) is 0 Å². The number of methoxy groups -OCH3 is 1. The van der Waals surface area contributed by atoms with E-state index in [4.69, 9.17) is 9.47 Å². The predicted molar refractivity (Wildman–Crippen MR) is 94.7 cm³/mol. The van der Waals surface area contributed by atoms with Crippen molar-refractivity contribution in [1.29, 1.82) is 0 Å². The molecule has 124 valence electrons. The van der Waals surface area contributed by atoms with Gasteiger partial charge in [-0.05, 0) is 24.3 Å². The molecule has 24 heavy (non-hydrogen) atoms. The Morgan fingerprint density at radius 1 is 1.12 bits per heavy atom. The van der Waals surface area contributed by atoms with Gasteiger partial charge in [-0.1, -0.05) is 12.1 Å². The first kappa shape index (κ1) is 15.2. The molecule has 5 nitrogen and oxygen atoms in total. The van der Waals surface area contributed by atoms with Gasteiger partial charge in [0.15, 0.2) is 5.43 Å². The zero-order chi connectivity index (χ0) is 16.5. The Hall–Kier alpha value is -2.37. The largest absolute Gasteiger partial charge is 0.496 e. The number of rotatable bonds is 3. The van der Waals surface area contributed by atoms with Crippen molar-refractivity contribution < 1.29 is 9.47 Å². The van der Waals surface area contributed by atoms with Crippen molar-refractivity contribution >= 4 is 21.8 Å². The molecule has 1 aromatic heterocycles. The lowest BCUT2D eigenvalue weighted by Crippen LogP contribution is -2.35. The normalized spacial score (nSPS) is 15.9. The first-order valence-corrected chi connectivity index (χ1v) is 8.18. The van der Waals surface area contributed by atoms with Gasteiger partial charge >= 0.3 is 0 Å². The summed E-state index contributed by atoms with van der Waals surface area (Å²) in [5.41, 5.74) is 2.81. The van der Waals surface area contributed by atoms with Crippen LogP contribution in [0.25, 0.3) is 21.8 Å². The van der Waals surface area contributed by atoms with Crippen molar-refractivity contribution in [1.82, 2.24) is 9.88 Å². The van der Waals surface area contributed by atoms with E-state index in [-0.39, 0.29) is 5.43 Å². The molecule has 4 rings (SSSR count). The number of H-pyrrole nitrogens is 1. The molecule has 0 bridgehead atoms. The van der Waals surface area contributed by atoms with E-state index in [0.29, 0.717) is 10.8 Å². The van der Waals surface area contributed by atoms with Crippen LogP contribution in [0, 0.1) is 0 Å². The third kappa shape index (κ3) is 2.56. The van der Waals surface area contributed by atoms with E-state index < -0.39 is 0 Å². The van der Waals surface area contributed by atoms with Crippen LogP contribution >= 0.6 is 0 Å². The summed E-state index contributed by atoms with van der Waals surface area (Å²) >= 11 is 0. The topological polar surface area (TPSA) is 54.6 Å². The number of nitrogens with zero attached hydrogens (tertiary/aromatic N) is 1. The lowest BCUT2D eigenvalue weighted by Gasteiger charge is -2.27. The molecule has 1 aliphatic heterocycles.